The third-order valence-corrected chi connectivity index (χ3v) is 0.954. The van der Waals surface area contributed by atoms with Crippen LogP contribution in [0.1, 0.15) is 24.2 Å². The Morgan fingerprint density at radius 1 is 1.33 bits per heavy atom. The summed E-state index contributed by atoms with van der Waals surface area (Å²) < 4.78 is 0. The molecule has 0 saturated heterocycles. The van der Waals surface area contributed by atoms with E-state index in [1.807, 2.05) is 13.8 Å². The number of carbonyl (C=O) groups is 1. The van der Waals surface area contributed by atoms with Crippen molar-refractivity contribution < 1.29 is 58.6 Å². The number of rotatable bonds is 1. The maximum Gasteiger partial charge on any atom is 0 e. The van der Waals surface area contributed by atoms with E-state index in [9.17, 15) is 4.79 Å². The van der Waals surface area contributed by atoms with E-state index in [4.69, 9.17) is 5.73 Å². The number of hydrogen-bond donors (Lipinski definition) is 1. The van der Waals surface area contributed by atoms with Gasteiger partial charge in [-0.15, -0.1) is 35.9 Å². The van der Waals surface area contributed by atoms with E-state index < -0.39 is 5.91 Å². The predicted octanol–water partition coefficient (Wildman–Crippen LogP) is 2.28. The first-order valence-corrected chi connectivity index (χ1v) is 4.11. The van der Waals surface area contributed by atoms with Crippen LogP contribution in [0.3, 0.4) is 0 Å². The Morgan fingerprint density at radius 3 is 2.00 bits per heavy atom. The monoisotopic (exact) mass is 453 g/mol. The normalized spacial score (nSPS) is 6.13. The van der Waals surface area contributed by atoms with Crippen LogP contribution >= 0.6 is 0 Å². The maximum atomic E-state index is 10.3. The van der Waals surface area contributed by atoms with Crippen molar-refractivity contribution >= 4 is 5.91 Å². The van der Waals surface area contributed by atoms with E-state index in [0.29, 0.717) is 5.56 Å². The van der Waals surface area contributed by atoms with Crippen molar-refractivity contribution in [3.63, 3.8) is 0 Å². The third kappa shape index (κ3) is 14.4. The van der Waals surface area contributed by atoms with Gasteiger partial charge in [-0.25, -0.2) is 0 Å². The number of amides is 1. The van der Waals surface area contributed by atoms with Crippen LogP contribution in [-0.4, -0.2) is 13.0 Å². The summed E-state index contributed by atoms with van der Waals surface area (Å²) in [6.45, 7) is 4.00. The van der Waals surface area contributed by atoms with Gasteiger partial charge in [0.05, 0.1) is 0 Å². The van der Waals surface area contributed by atoms with Crippen LogP contribution in [0.5, 0.6) is 0 Å². The Bertz CT molecular complexity index is 220. The zero-order chi connectivity index (χ0) is 10.7. The fourth-order valence-corrected chi connectivity index (χ4v) is 0.535. The molecule has 0 aliphatic heterocycles. The molecule has 0 saturated carbocycles. The first kappa shape index (κ1) is 24.6. The van der Waals surface area contributed by atoms with Gasteiger partial charge in [0, 0.05) is 53.8 Å². The zero-order valence-corrected chi connectivity index (χ0v) is 15.1. The van der Waals surface area contributed by atoms with Crippen LogP contribution in [0.4, 0.5) is 0 Å². The van der Waals surface area contributed by atoms with Gasteiger partial charge >= 0.3 is 0 Å². The quantitative estimate of drug-likeness (QED) is 0.664. The van der Waals surface area contributed by atoms with Gasteiger partial charge in [0.25, 0.3) is 0 Å². The average Bonchev–Trinajstić information content (AvgIpc) is 2.25. The summed E-state index contributed by atoms with van der Waals surface area (Å²) in [4.78, 5) is 10.3. The van der Waals surface area contributed by atoms with Crippen molar-refractivity contribution in [1.29, 1.82) is 0 Å². The average molecular weight is 453 g/mol. The van der Waals surface area contributed by atoms with Crippen LogP contribution < -0.4 is 5.73 Å². The summed E-state index contributed by atoms with van der Waals surface area (Å²) in [5.41, 5.74) is 11.5. The molecule has 5 heteroatoms. The van der Waals surface area contributed by atoms with E-state index in [-0.39, 0.29) is 53.8 Å². The topological polar surface area (TPSA) is 66.9 Å². The van der Waals surface area contributed by atoms with E-state index in [2.05, 4.69) is 11.8 Å². The SMILES string of the molecule is CC.CN.[NH-]C(=O)c1[c-]cccc1.[W].[Y]. The Labute approximate surface area is 132 Å². The number of nitrogens with one attached hydrogen (secondary N) is 1. The standard InChI is InChI=1S/C7H6NO.C2H6.CH5N.W.Y/c8-7(9)6-4-2-1-3-5-6;2*1-2;;/h1-4H,(H2,8,9);1-2H3;2H2,1H3;;/q-1;;;;/p-1. The molecule has 0 aromatic heterocycles. The molecule has 15 heavy (non-hydrogen) atoms. The van der Waals surface area contributed by atoms with Crippen LogP contribution in [0, 0.1) is 6.07 Å². The van der Waals surface area contributed by atoms with Gasteiger partial charge in [-0.05, 0) is 13.0 Å². The molecule has 0 aliphatic carbocycles. The summed E-state index contributed by atoms with van der Waals surface area (Å²) in [5, 5.41) is 0. The van der Waals surface area contributed by atoms with Gasteiger partial charge in [0.15, 0.2) is 0 Å². The van der Waals surface area contributed by atoms with E-state index in [0.717, 1.165) is 0 Å². The van der Waals surface area contributed by atoms with Gasteiger partial charge in [0.1, 0.15) is 0 Å². The molecule has 1 amide bonds. The molecule has 0 aliphatic rings. The van der Waals surface area contributed by atoms with E-state index >= 15 is 0 Å². The third-order valence-electron chi connectivity index (χ3n) is 0.954. The van der Waals surface area contributed by atoms with Crippen molar-refractivity contribution in [2.45, 2.75) is 13.8 Å². The molecule has 0 bridgehead atoms. The molecule has 0 spiro atoms. The number of nitrogens with two attached hydrogens (primary N) is 1. The minimum Gasteiger partial charge on any atom is -0.709 e. The number of benzene rings is 1. The Hall–Kier alpha value is 0.442. The Morgan fingerprint density at radius 2 is 1.80 bits per heavy atom. The molecule has 0 fully saturated rings. The molecule has 0 unspecified atom stereocenters. The molecule has 1 rings (SSSR count). The van der Waals surface area contributed by atoms with E-state index in [1.165, 1.54) is 7.05 Å². The summed E-state index contributed by atoms with van der Waals surface area (Å²) in [5.74, 6) is -0.685. The fourth-order valence-electron chi connectivity index (χ4n) is 0.535. The van der Waals surface area contributed by atoms with Crippen LogP contribution in [-0.2, 0) is 53.8 Å². The fraction of sp³-hybridized carbons (Fsp3) is 0.300. The van der Waals surface area contributed by atoms with Crippen LogP contribution in [0.2, 0.25) is 0 Å². The first-order valence-electron chi connectivity index (χ1n) is 4.11. The number of hydrogen-bond acceptors (Lipinski definition) is 2. The van der Waals surface area contributed by atoms with E-state index in [1.54, 1.807) is 24.3 Å². The van der Waals surface area contributed by atoms with Gasteiger partial charge in [-0.3, -0.25) is 0 Å². The molecule has 1 aromatic carbocycles. The van der Waals surface area contributed by atoms with Crippen molar-refractivity contribution in [2.75, 3.05) is 7.05 Å². The molecule has 0 heterocycles. The van der Waals surface area contributed by atoms with Crippen molar-refractivity contribution in [1.82, 2.24) is 0 Å². The molecule has 1 radical (unpaired) electrons. The molecular formula is C10H16N2OWY-2. The largest absolute Gasteiger partial charge is 0.709 e. The second-order valence-corrected chi connectivity index (χ2v) is 1.61. The van der Waals surface area contributed by atoms with Crippen LogP contribution in [0.25, 0.3) is 5.73 Å². The van der Waals surface area contributed by atoms with Gasteiger partial charge in [0.2, 0.25) is 0 Å². The molecule has 0 atom stereocenters. The summed E-state index contributed by atoms with van der Waals surface area (Å²) in [6.07, 6.45) is 0. The second kappa shape index (κ2) is 19.9. The molecular weight excluding hydrogens is 437 g/mol. The molecule has 1 aromatic rings. The first-order chi connectivity index (χ1) is 6.30. The summed E-state index contributed by atoms with van der Waals surface area (Å²) in [7, 11) is 1.50. The second-order valence-electron chi connectivity index (χ2n) is 1.61. The maximum absolute atomic E-state index is 10.3. The predicted molar refractivity (Wildman–Crippen MR) is 55.4 cm³/mol. The summed E-state index contributed by atoms with van der Waals surface area (Å²) in [6, 6.07) is 9.27. The minimum atomic E-state index is -0.685. The number of carbonyl (C=O) groups excluding carboxylic acids is 1. The van der Waals surface area contributed by atoms with Gasteiger partial charge in [-0.1, -0.05) is 13.8 Å². The minimum absolute atomic E-state index is 0. The molecule has 3 N–H and O–H groups in total. The van der Waals surface area contributed by atoms with Crippen molar-refractivity contribution in [2.24, 2.45) is 5.73 Å². The van der Waals surface area contributed by atoms with Crippen LogP contribution in [0.15, 0.2) is 24.3 Å². The summed E-state index contributed by atoms with van der Waals surface area (Å²) >= 11 is 0. The molecule has 83 valence electrons. The van der Waals surface area contributed by atoms with Crippen molar-refractivity contribution in [3.8, 4) is 0 Å². The Balaban J connectivity index is -0.0000000910. The zero-order valence-electron chi connectivity index (χ0n) is 9.28. The smallest absolute Gasteiger partial charge is 0 e. The van der Waals surface area contributed by atoms with Crippen molar-refractivity contribution in [3.05, 3.63) is 41.6 Å². The van der Waals surface area contributed by atoms with Gasteiger partial charge in [-0.2, -0.15) is 0 Å². The molecule has 3 nitrogen and oxygen atoms in total. The van der Waals surface area contributed by atoms with Gasteiger partial charge < -0.3 is 16.3 Å². The Kier molecular flexibility index (Phi) is 32.7.